The lowest BCUT2D eigenvalue weighted by Crippen LogP contribution is -2.26. The molecule has 0 bridgehead atoms. The summed E-state index contributed by atoms with van der Waals surface area (Å²) < 4.78 is 20.4. The fourth-order valence-corrected chi connectivity index (χ4v) is 2.67. The molecule has 24 heavy (non-hydrogen) atoms. The first kappa shape index (κ1) is 16.2. The van der Waals surface area contributed by atoms with E-state index in [1.165, 1.54) is 29.4 Å². The maximum atomic E-state index is 13.5. The number of ether oxygens (including phenoxy) is 1. The summed E-state index contributed by atoms with van der Waals surface area (Å²) in [6.07, 6.45) is 3.17. The maximum absolute atomic E-state index is 13.5. The van der Waals surface area contributed by atoms with E-state index in [2.05, 4.69) is 4.98 Å². The number of unbranched alkanes of at least 4 members (excludes halogenated alkanes) is 1. The predicted molar refractivity (Wildman–Crippen MR) is 84.5 cm³/mol. The summed E-state index contributed by atoms with van der Waals surface area (Å²) in [6, 6.07) is 3.99. The van der Waals surface area contributed by atoms with E-state index in [9.17, 15) is 14.0 Å². The zero-order valence-corrected chi connectivity index (χ0v) is 13.6. The topological polar surface area (TPSA) is 64.4 Å². The molecule has 1 aromatic heterocycles. The largest absolute Gasteiger partial charge is 0.461 e. The first-order valence-corrected chi connectivity index (χ1v) is 7.81. The van der Waals surface area contributed by atoms with Gasteiger partial charge in [-0.2, -0.15) is 0 Å². The molecule has 0 N–H and O–H groups in total. The summed E-state index contributed by atoms with van der Waals surface area (Å²) in [4.78, 5) is 30.3. The van der Waals surface area contributed by atoms with E-state index < -0.39 is 11.8 Å². The number of hydrogen-bond donors (Lipinski definition) is 0. The molecule has 0 fully saturated rings. The first-order chi connectivity index (χ1) is 11.5. The van der Waals surface area contributed by atoms with Crippen LogP contribution in [0, 0.1) is 5.82 Å². The maximum Gasteiger partial charge on any atom is 0.358 e. The number of benzene rings is 1. The van der Waals surface area contributed by atoms with E-state index in [0.29, 0.717) is 18.0 Å². The fourth-order valence-electron chi connectivity index (χ4n) is 2.67. The van der Waals surface area contributed by atoms with Crippen molar-refractivity contribution in [3.8, 4) is 5.69 Å². The van der Waals surface area contributed by atoms with Gasteiger partial charge in [0.25, 0.3) is 5.91 Å². The number of imidazole rings is 1. The molecule has 1 aliphatic heterocycles. The highest BCUT2D eigenvalue weighted by molar-refractivity contribution is 5.99. The SMILES string of the molecule is CCCCOC(=O)c1ncn2c1CN(C)C(=O)c1cc(F)ccc1-2. The second kappa shape index (κ2) is 6.43. The van der Waals surface area contributed by atoms with Gasteiger partial charge in [0.1, 0.15) is 12.1 Å². The number of amides is 1. The van der Waals surface area contributed by atoms with E-state index in [0.717, 1.165) is 12.8 Å². The zero-order chi connectivity index (χ0) is 17.3. The predicted octanol–water partition coefficient (Wildman–Crippen LogP) is 2.55. The third-order valence-corrected chi connectivity index (χ3v) is 3.97. The Morgan fingerprint density at radius 2 is 2.21 bits per heavy atom. The summed E-state index contributed by atoms with van der Waals surface area (Å²) in [7, 11) is 1.60. The molecule has 3 rings (SSSR count). The summed E-state index contributed by atoms with van der Waals surface area (Å²) in [6.45, 7) is 2.53. The molecule has 2 aromatic rings. The van der Waals surface area contributed by atoms with Crippen molar-refractivity contribution in [1.29, 1.82) is 0 Å². The van der Waals surface area contributed by atoms with Crippen LogP contribution in [-0.4, -0.2) is 40.0 Å². The minimum atomic E-state index is -0.511. The standard InChI is InChI=1S/C17H18FN3O3/c1-3-4-7-24-17(23)15-14-9-20(2)16(22)12-8-11(18)5-6-13(12)21(14)10-19-15/h5-6,8,10H,3-4,7,9H2,1-2H3. The molecule has 0 radical (unpaired) electrons. The van der Waals surface area contributed by atoms with E-state index in [1.807, 2.05) is 6.92 Å². The molecule has 6 nitrogen and oxygen atoms in total. The van der Waals surface area contributed by atoms with Gasteiger partial charge in [0.15, 0.2) is 5.69 Å². The fraction of sp³-hybridized carbons (Fsp3) is 0.353. The van der Waals surface area contributed by atoms with Crippen molar-refractivity contribution >= 4 is 11.9 Å². The zero-order valence-electron chi connectivity index (χ0n) is 13.6. The first-order valence-electron chi connectivity index (χ1n) is 7.81. The smallest absolute Gasteiger partial charge is 0.358 e. The van der Waals surface area contributed by atoms with Gasteiger partial charge in [-0.25, -0.2) is 14.2 Å². The Morgan fingerprint density at radius 3 is 2.96 bits per heavy atom. The number of carbonyl (C=O) groups excluding carboxylic acids is 2. The molecular weight excluding hydrogens is 313 g/mol. The van der Waals surface area contributed by atoms with Gasteiger partial charge in [0.2, 0.25) is 0 Å². The summed E-state index contributed by atoms with van der Waals surface area (Å²) in [5.74, 6) is -1.31. The average molecular weight is 331 g/mol. The van der Waals surface area contributed by atoms with E-state index in [-0.39, 0.29) is 23.7 Å². The number of rotatable bonds is 4. The van der Waals surface area contributed by atoms with Crippen molar-refractivity contribution in [3.63, 3.8) is 0 Å². The number of aromatic nitrogens is 2. The second-order valence-electron chi connectivity index (χ2n) is 5.72. The van der Waals surface area contributed by atoms with E-state index in [1.54, 1.807) is 11.6 Å². The van der Waals surface area contributed by atoms with Crippen LogP contribution in [0.25, 0.3) is 5.69 Å². The number of halogens is 1. The van der Waals surface area contributed by atoms with Crippen molar-refractivity contribution in [2.45, 2.75) is 26.3 Å². The lowest BCUT2D eigenvalue weighted by atomic mass is 10.1. The number of fused-ring (bicyclic) bond motifs is 3. The highest BCUT2D eigenvalue weighted by Crippen LogP contribution is 2.26. The van der Waals surface area contributed by atoms with Crippen LogP contribution >= 0.6 is 0 Å². The number of hydrogen-bond acceptors (Lipinski definition) is 4. The molecule has 126 valence electrons. The van der Waals surface area contributed by atoms with E-state index in [4.69, 9.17) is 4.74 Å². The molecule has 0 unspecified atom stereocenters. The van der Waals surface area contributed by atoms with Gasteiger partial charge in [-0.05, 0) is 24.6 Å². The van der Waals surface area contributed by atoms with Gasteiger partial charge in [0, 0.05) is 7.05 Å². The van der Waals surface area contributed by atoms with Crippen molar-refractivity contribution in [2.75, 3.05) is 13.7 Å². The molecule has 7 heteroatoms. The van der Waals surface area contributed by atoms with Crippen LogP contribution in [0.2, 0.25) is 0 Å². The number of nitrogens with zero attached hydrogens (tertiary/aromatic N) is 3. The van der Waals surface area contributed by atoms with Crippen LogP contribution in [0.3, 0.4) is 0 Å². The highest BCUT2D eigenvalue weighted by atomic mass is 19.1. The Labute approximate surface area is 138 Å². The van der Waals surface area contributed by atoms with Crippen molar-refractivity contribution in [2.24, 2.45) is 0 Å². The van der Waals surface area contributed by atoms with Crippen LogP contribution < -0.4 is 0 Å². The number of esters is 1. The van der Waals surface area contributed by atoms with Crippen molar-refractivity contribution in [1.82, 2.24) is 14.5 Å². The summed E-state index contributed by atoms with van der Waals surface area (Å²) in [5, 5.41) is 0. The van der Waals surface area contributed by atoms with Gasteiger partial charge >= 0.3 is 5.97 Å². The molecule has 2 heterocycles. The Bertz CT molecular complexity index is 800. The quantitative estimate of drug-likeness (QED) is 0.638. The Balaban J connectivity index is 2.03. The Hall–Kier alpha value is -2.70. The molecule has 1 aromatic carbocycles. The lowest BCUT2D eigenvalue weighted by Gasteiger charge is -2.14. The van der Waals surface area contributed by atoms with Gasteiger partial charge in [0.05, 0.1) is 30.1 Å². The van der Waals surface area contributed by atoms with Crippen LogP contribution in [0.1, 0.15) is 46.3 Å². The van der Waals surface area contributed by atoms with E-state index >= 15 is 0 Å². The van der Waals surface area contributed by atoms with Crippen molar-refractivity contribution < 1.29 is 18.7 Å². The normalized spacial score (nSPS) is 13.3. The molecular formula is C17H18FN3O3. The molecule has 1 aliphatic rings. The van der Waals surface area contributed by atoms with Gasteiger partial charge in [-0.15, -0.1) is 0 Å². The molecule has 0 aliphatic carbocycles. The highest BCUT2D eigenvalue weighted by Gasteiger charge is 2.29. The van der Waals surface area contributed by atoms with Crippen LogP contribution in [0.15, 0.2) is 24.5 Å². The van der Waals surface area contributed by atoms with Gasteiger partial charge < -0.3 is 9.64 Å². The molecule has 1 amide bonds. The minimum absolute atomic E-state index is 0.183. The Kier molecular flexibility index (Phi) is 4.33. The Morgan fingerprint density at radius 1 is 1.42 bits per heavy atom. The third kappa shape index (κ3) is 2.77. The molecule has 0 saturated heterocycles. The van der Waals surface area contributed by atoms with Crippen LogP contribution in [0.5, 0.6) is 0 Å². The minimum Gasteiger partial charge on any atom is -0.461 e. The molecule has 0 spiro atoms. The lowest BCUT2D eigenvalue weighted by molar-refractivity contribution is 0.0489. The molecule has 0 atom stereocenters. The van der Waals surface area contributed by atoms with Crippen molar-refractivity contribution in [3.05, 3.63) is 47.3 Å². The average Bonchev–Trinajstić information content (AvgIpc) is 2.93. The van der Waals surface area contributed by atoms with Crippen LogP contribution in [-0.2, 0) is 11.3 Å². The van der Waals surface area contributed by atoms with Crippen LogP contribution in [0.4, 0.5) is 4.39 Å². The van der Waals surface area contributed by atoms with Gasteiger partial charge in [-0.1, -0.05) is 13.3 Å². The molecule has 0 saturated carbocycles. The second-order valence-corrected chi connectivity index (χ2v) is 5.72. The summed E-state index contributed by atoms with van der Waals surface area (Å²) >= 11 is 0. The third-order valence-electron chi connectivity index (χ3n) is 3.97. The number of carbonyl (C=O) groups is 2. The monoisotopic (exact) mass is 331 g/mol. The van der Waals surface area contributed by atoms with Gasteiger partial charge in [-0.3, -0.25) is 9.36 Å². The summed E-state index contributed by atoms with van der Waals surface area (Å²) in [5.41, 5.74) is 1.47.